The Kier molecular flexibility index (Phi) is 7.02. The van der Waals surface area contributed by atoms with E-state index in [0.717, 1.165) is 11.1 Å². The van der Waals surface area contributed by atoms with Gasteiger partial charge in [0.2, 0.25) is 5.82 Å². The summed E-state index contributed by atoms with van der Waals surface area (Å²) in [5, 5.41) is 15.4. The zero-order valence-corrected chi connectivity index (χ0v) is 22.2. The molecule has 1 aromatic carbocycles. The standard InChI is InChI=1S/C27H32N6O4/c1-16-9-8-10-20(19(16)4)33(24(21-13-11-17(2)36-21)26(35)28-27(5,6)7)23(34)15-32-30-25(29-31-32)22-14-12-18(3)37-22/h8-14,24H,15H2,1-7H3,(H,28,35)/t24-/m1/s1. The molecule has 4 aromatic rings. The third kappa shape index (κ3) is 5.79. The monoisotopic (exact) mass is 504 g/mol. The van der Waals surface area contributed by atoms with Gasteiger partial charge in [-0.1, -0.05) is 12.1 Å². The van der Waals surface area contributed by atoms with Gasteiger partial charge >= 0.3 is 0 Å². The number of nitrogens with one attached hydrogen (secondary N) is 1. The van der Waals surface area contributed by atoms with E-state index in [4.69, 9.17) is 8.83 Å². The van der Waals surface area contributed by atoms with Crippen LogP contribution in [0.4, 0.5) is 5.69 Å². The third-order valence-electron chi connectivity index (χ3n) is 5.83. The smallest absolute Gasteiger partial charge is 0.251 e. The number of amides is 2. The van der Waals surface area contributed by atoms with Crippen LogP contribution in [-0.4, -0.2) is 37.6 Å². The van der Waals surface area contributed by atoms with Gasteiger partial charge in [0.25, 0.3) is 11.8 Å². The predicted molar refractivity (Wildman–Crippen MR) is 138 cm³/mol. The van der Waals surface area contributed by atoms with Crippen LogP contribution in [0.15, 0.2) is 51.3 Å². The molecule has 0 saturated carbocycles. The van der Waals surface area contributed by atoms with Crippen LogP contribution < -0.4 is 10.2 Å². The second-order valence-electron chi connectivity index (χ2n) is 10.1. The normalized spacial score (nSPS) is 12.4. The number of hydrogen-bond acceptors (Lipinski definition) is 7. The van der Waals surface area contributed by atoms with E-state index >= 15 is 0 Å². The van der Waals surface area contributed by atoms with E-state index in [0.29, 0.717) is 28.7 Å². The predicted octanol–water partition coefficient (Wildman–Crippen LogP) is 4.45. The Bertz CT molecular complexity index is 1420. The molecule has 2 amide bonds. The van der Waals surface area contributed by atoms with Crippen molar-refractivity contribution in [3.8, 4) is 11.6 Å². The molecule has 0 aliphatic rings. The molecule has 0 radical (unpaired) electrons. The van der Waals surface area contributed by atoms with Crippen molar-refractivity contribution in [1.82, 2.24) is 25.5 Å². The number of nitrogens with zero attached hydrogens (tertiary/aromatic N) is 5. The van der Waals surface area contributed by atoms with Crippen molar-refractivity contribution in [1.29, 1.82) is 0 Å². The molecular weight excluding hydrogens is 472 g/mol. The largest absolute Gasteiger partial charge is 0.464 e. The summed E-state index contributed by atoms with van der Waals surface area (Å²) in [6.07, 6.45) is 0. The van der Waals surface area contributed by atoms with E-state index in [1.54, 1.807) is 31.2 Å². The first-order chi connectivity index (χ1) is 17.4. The lowest BCUT2D eigenvalue weighted by Crippen LogP contribution is -2.50. The van der Waals surface area contributed by atoms with Gasteiger partial charge in [0.1, 0.15) is 23.8 Å². The Morgan fingerprint density at radius 1 is 1.00 bits per heavy atom. The summed E-state index contributed by atoms with van der Waals surface area (Å²) in [4.78, 5) is 30.3. The first-order valence-corrected chi connectivity index (χ1v) is 12.0. The number of furan rings is 2. The minimum Gasteiger partial charge on any atom is -0.464 e. The van der Waals surface area contributed by atoms with Gasteiger partial charge < -0.3 is 14.2 Å². The molecule has 3 heterocycles. The summed E-state index contributed by atoms with van der Waals surface area (Å²) >= 11 is 0. The van der Waals surface area contributed by atoms with Gasteiger partial charge in [-0.3, -0.25) is 14.5 Å². The Labute approximate surface area is 215 Å². The van der Waals surface area contributed by atoms with Gasteiger partial charge in [-0.2, -0.15) is 4.80 Å². The topological polar surface area (TPSA) is 119 Å². The van der Waals surface area contributed by atoms with Crippen molar-refractivity contribution in [2.75, 3.05) is 4.90 Å². The van der Waals surface area contributed by atoms with Crippen molar-refractivity contribution in [2.24, 2.45) is 0 Å². The summed E-state index contributed by atoms with van der Waals surface area (Å²) in [6, 6.07) is 11.6. The highest BCUT2D eigenvalue weighted by molar-refractivity contribution is 6.01. The Balaban J connectivity index is 1.77. The molecule has 1 N–H and O–H groups in total. The lowest BCUT2D eigenvalue weighted by atomic mass is 10.0. The minimum atomic E-state index is -1.06. The summed E-state index contributed by atoms with van der Waals surface area (Å²) in [7, 11) is 0. The van der Waals surface area contributed by atoms with E-state index < -0.39 is 17.5 Å². The van der Waals surface area contributed by atoms with Crippen LogP contribution in [0.3, 0.4) is 0 Å². The van der Waals surface area contributed by atoms with Crippen LogP contribution in [-0.2, 0) is 16.1 Å². The van der Waals surface area contributed by atoms with Gasteiger partial charge in [-0.15, -0.1) is 10.2 Å². The summed E-state index contributed by atoms with van der Waals surface area (Å²) in [6.45, 7) is 12.9. The van der Waals surface area contributed by atoms with E-state index in [1.165, 1.54) is 9.70 Å². The molecule has 3 aromatic heterocycles. The zero-order chi connectivity index (χ0) is 26.9. The number of benzene rings is 1. The number of tetrazole rings is 1. The molecular formula is C27H32N6O4. The number of hydrogen-bond donors (Lipinski definition) is 1. The molecule has 0 saturated heterocycles. The second kappa shape index (κ2) is 10.0. The third-order valence-corrected chi connectivity index (χ3v) is 5.83. The van der Waals surface area contributed by atoms with E-state index in [9.17, 15) is 9.59 Å². The molecule has 0 aliphatic heterocycles. The molecule has 1 atom stereocenters. The van der Waals surface area contributed by atoms with Gasteiger partial charge in [-0.05, 0) is 95.1 Å². The number of aromatic nitrogens is 4. The Morgan fingerprint density at radius 2 is 1.70 bits per heavy atom. The number of anilines is 1. The van der Waals surface area contributed by atoms with Crippen LogP contribution in [0.5, 0.6) is 0 Å². The maximum absolute atomic E-state index is 14.0. The summed E-state index contributed by atoms with van der Waals surface area (Å²) in [5.41, 5.74) is 1.91. The molecule has 0 spiro atoms. The molecule has 37 heavy (non-hydrogen) atoms. The highest BCUT2D eigenvalue weighted by Gasteiger charge is 2.37. The number of carbonyl (C=O) groups excluding carboxylic acids is 2. The van der Waals surface area contributed by atoms with Crippen LogP contribution in [0.25, 0.3) is 11.6 Å². The summed E-state index contributed by atoms with van der Waals surface area (Å²) in [5.74, 6) is 1.65. The highest BCUT2D eigenvalue weighted by Crippen LogP contribution is 2.33. The number of rotatable bonds is 7. The Hall–Kier alpha value is -4.21. The zero-order valence-electron chi connectivity index (χ0n) is 22.2. The lowest BCUT2D eigenvalue weighted by Gasteiger charge is -2.33. The van der Waals surface area contributed by atoms with Crippen molar-refractivity contribution in [3.05, 3.63) is 70.9 Å². The number of aryl methyl sites for hydroxylation is 3. The van der Waals surface area contributed by atoms with E-state index in [1.807, 2.05) is 59.7 Å². The molecule has 0 unspecified atom stereocenters. The van der Waals surface area contributed by atoms with Crippen molar-refractivity contribution in [2.45, 2.75) is 66.6 Å². The lowest BCUT2D eigenvalue weighted by molar-refractivity contribution is -0.128. The van der Waals surface area contributed by atoms with Crippen molar-refractivity contribution < 1.29 is 18.4 Å². The summed E-state index contributed by atoms with van der Waals surface area (Å²) < 4.78 is 11.5. The maximum Gasteiger partial charge on any atom is 0.251 e. The average molecular weight is 505 g/mol. The molecule has 194 valence electrons. The average Bonchev–Trinajstić information content (AvgIpc) is 3.54. The van der Waals surface area contributed by atoms with Crippen LogP contribution in [0.2, 0.25) is 0 Å². The number of carbonyl (C=O) groups is 2. The van der Waals surface area contributed by atoms with E-state index in [-0.39, 0.29) is 18.3 Å². The highest BCUT2D eigenvalue weighted by atomic mass is 16.3. The molecule has 4 rings (SSSR count). The molecule has 10 nitrogen and oxygen atoms in total. The fourth-order valence-electron chi connectivity index (χ4n) is 3.99. The van der Waals surface area contributed by atoms with Gasteiger partial charge in [0.05, 0.1) is 0 Å². The first-order valence-electron chi connectivity index (χ1n) is 12.0. The second-order valence-corrected chi connectivity index (χ2v) is 10.1. The fourth-order valence-corrected chi connectivity index (χ4v) is 3.99. The van der Waals surface area contributed by atoms with Gasteiger partial charge in [-0.25, -0.2) is 0 Å². The molecule has 10 heteroatoms. The first kappa shape index (κ1) is 25.9. The molecule has 0 bridgehead atoms. The molecule has 0 fully saturated rings. The van der Waals surface area contributed by atoms with Crippen molar-refractivity contribution >= 4 is 17.5 Å². The quantitative estimate of drug-likeness (QED) is 0.395. The maximum atomic E-state index is 14.0. The van der Waals surface area contributed by atoms with Crippen LogP contribution >= 0.6 is 0 Å². The molecule has 0 aliphatic carbocycles. The minimum absolute atomic E-state index is 0.251. The van der Waals surface area contributed by atoms with E-state index in [2.05, 4.69) is 20.7 Å². The SMILES string of the molecule is Cc1ccc(-c2nnn(CC(=O)N(c3cccc(C)c3C)[C@@H](C(=O)NC(C)(C)C)c3ccc(C)o3)n2)o1. The fraction of sp³-hybridized carbons (Fsp3) is 0.370. The van der Waals surface area contributed by atoms with Crippen LogP contribution in [0.1, 0.15) is 55.2 Å². The van der Waals surface area contributed by atoms with Gasteiger partial charge in [0, 0.05) is 11.2 Å². The van der Waals surface area contributed by atoms with Crippen molar-refractivity contribution in [3.63, 3.8) is 0 Å². The Morgan fingerprint density at radius 3 is 2.32 bits per heavy atom. The van der Waals surface area contributed by atoms with Gasteiger partial charge in [0.15, 0.2) is 11.8 Å². The van der Waals surface area contributed by atoms with Crippen LogP contribution in [0, 0.1) is 27.7 Å².